The summed E-state index contributed by atoms with van der Waals surface area (Å²) in [6, 6.07) is 7.17. The molecule has 0 bridgehead atoms. The predicted molar refractivity (Wildman–Crippen MR) is 76.6 cm³/mol. The fraction of sp³-hybridized carbons (Fsp3) is 0.312. The maximum Gasteiger partial charge on any atom is 0.344 e. The van der Waals surface area contributed by atoms with E-state index in [1.165, 1.54) is 6.42 Å². The van der Waals surface area contributed by atoms with Crippen molar-refractivity contribution in [1.29, 1.82) is 0 Å². The SMILES string of the molecule is O=C1Oc2cc(N3CCCCC3)c(O)c3cccc1c23. The van der Waals surface area contributed by atoms with E-state index in [2.05, 4.69) is 4.90 Å². The van der Waals surface area contributed by atoms with Crippen LogP contribution in [-0.4, -0.2) is 24.2 Å². The molecule has 1 fully saturated rings. The van der Waals surface area contributed by atoms with Gasteiger partial charge in [-0.3, -0.25) is 0 Å². The molecule has 20 heavy (non-hydrogen) atoms. The highest BCUT2D eigenvalue weighted by Crippen LogP contribution is 2.45. The van der Waals surface area contributed by atoms with E-state index < -0.39 is 0 Å². The number of aromatic hydroxyl groups is 1. The van der Waals surface area contributed by atoms with Crippen LogP contribution in [0.2, 0.25) is 0 Å². The molecule has 4 rings (SSSR count). The van der Waals surface area contributed by atoms with Crippen LogP contribution < -0.4 is 9.64 Å². The summed E-state index contributed by atoms with van der Waals surface area (Å²) in [4.78, 5) is 14.0. The minimum atomic E-state index is -0.333. The number of esters is 1. The zero-order valence-corrected chi connectivity index (χ0v) is 11.1. The normalized spacial score (nSPS) is 17.6. The molecule has 0 aliphatic carbocycles. The number of piperidine rings is 1. The highest BCUT2D eigenvalue weighted by atomic mass is 16.5. The van der Waals surface area contributed by atoms with Crippen molar-refractivity contribution in [3.8, 4) is 11.5 Å². The van der Waals surface area contributed by atoms with Crippen LogP contribution in [0, 0.1) is 0 Å². The fourth-order valence-corrected chi connectivity index (χ4v) is 3.20. The first-order valence-electron chi connectivity index (χ1n) is 7.01. The van der Waals surface area contributed by atoms with Gasteiger partial charge in [0.05, 0.1) is 11.3 Å². The van der Waals surface area contributed by atoms with Crippen molar-refractivity contribution < 1.29 is 14.6 Å². The highest BCUT2D eigenvalue weighted by molar-refractivity contribution is 6.15. The number of rotatable bonds is 1. The Labute approximate surface area is 116 Å². The van der Waals surface area contributed by atoms with Crippen molar-refractivity contribution in [3.05, 3.63) is 29.8 Å². The van der Waals surface area contributed by atoms with Crippen LogP contribution in [0.4, 0.5) is 5.69 Å². The largest absolute Gasteiger partial charge is 0.505 e. The maximum atomic E-state index is 11.8. The van der Waals surface area contributed by atoms with Gasteiger partial charge in [0.15, 0.2) is 0 Å². The van der Waals surface area contributed by atoms with Crippen LogP contribution >= 0.6 is 0 Å². The molecular weight excluding hydrogens is 254 g/mol. The molecule has 0 saturated carbocycles. The quantitative estimate of drug-likeness (QED) is 0.638. The molecule has 0 radical (unpaired) electrons. The Morgan fingerprint density at radius 3 is 2.75 bits per heavy atom. The lowest BCUT2D eigenvalue weighted by molar-refractivity contribution is 0.0754. The predicted octanol–water partition coefficient (Wildman–Crippen LogP) is 3.07. The molecule has 2 aromatic rings. The van der Waals surface area contributed by atoms with Gasteiger partial charge in [-0.25, -0.2) is 4.79 Å². The second kappa shape index (κ2) is 4.13. The molecule has 0 aromatic heterocycles. The number of carbonyl (C=O) groups excluding carboxylic acids is 1. The third-order valence-corrected chi connectivity index (χ3v) is 4.20. The number of hydrogen-bond donors (Lipinski definition) is 1. The molecule has 1 saturated heterocycles. The number of benzene rings is 2. The van der Waals surface area contributed by atoms with Crippen LogP contribution in [0.1, 0.15) is 29.6 Å². The first-order valence-corrected chi connectivity index (χ1v) is 7.01. The monoisotopic (exact) mass is 269 g/mol. The summed E-state index contributed by atoms with van der Waals surface area (Å²) in [5, 5.41) is 12.0. The van der Waals surface area contributed by atoms with Gasteiger partial charge in [-0.15, -0.1) is 0 Å². The van der Waals surface area contributed by atoms with E-state index in [1.54, 1.807) is 18.2 Å². The molecule has 0 amide bonds. The number of phenols is 1. The molecule has 0 unspecified atom stereocenters. The van der Waals surface area contributed by atoms with Crippen LogP contribution in [0.3, 0.4) is 0 Å². The summed E-state index contributed by atoms with van der Waals surface area (Å²) in [7, 11) is 0. The third kappa shape index (κ3) is 1.51. The average molecular weight is 269 g/mol. The molecule has 1 N–H and O–H groups in total. The minimum Gasteiger partial charge on any atom is -0.505 e. The van der Waals surface area contributed by atoms with Gasteiger partial charge in [0, 0.05) is 29.9 Å². The van der Waals surface area contributed by atoms with E-state index >= 15 is 0 Å². The van der Waals surface area contributed by atoms with Crippen LogP contribution in [-0.2, 0) is 0 Å². The summed E-state index contributed by atoms with van der Waals surface area (Å²) in [6.07, 6.45) is 3.50. The van der Waals surface area contributed by atoms with E-state index in [4.69, 9.17) is 4.74 Å². The summed E-state index contributed by atoms with van der Waals surface area (Å²) >= 11 is 0. The summed E-state index contributed by atoms with van der Waals surface area (Å²) in [5.41, 5.74) is 1.32. The van der Waals surface area contributed by atoms with Gasteiger partial charge in [-0.2, -0.15) is 0 Å². The first kappa shape index (κ1) is 11.6. The van der Waals surface area contributed by atoms with Crippen molar-refractivity contribution in [3.63, 3.8) is 0 Å². The molecule has 0 atom stereocenters. The van der Waals surface area contributed by atoms with E-state index in [-0.39, 0.29) is 11.7 Å². The Kier molecular flexibility index (Phi) is 2.39. The second-order valence-corrected chi connectivity index (χ2v) is 5.41. The molecule has 2 heterocycles. The van der Waals surface area contributed by atoms with E-state index in [1.807, 2.05) is 6.07 Å². The zero-order chi connectivity index (χ0) is 13.7. The lowest BCUT2D eigenvalue weighted by atomic mass is 10.0. The van der Waals surface area contributed by atoms with Crippen molar-refractivity contribution in [2.45, 2.75) is 19.3 Å². The number of anilines is 1. The van der Waals surface area contributed by atoms with Gasteiger partial charge >= 0.3 is 5.97 Å². The molecule has 102 valence electrons. The molecule has 4 nitrogen and oxygen atoms in total. The van der Waals surface area contributed by atoms with Crippen LogP contribution in [0.5, 0.6) is 11.5 Å². The van der Waals surface area contributed by atoms with Crippen molar-refractivity contribution in [1.82, 2.24) is 0 Å². The minimum absolute atomic E-state index is 0.255. The van der Waals surface area contributed by atoms with Gasteiger partial charge in [-0.05, 0) is 25.3 Å². The summed E-state index contributed by atoms with van der Waals surface area (Å²) in [5.74, 6) is 0.491. The smallest absolute Gasteiger partial charge is 0.344 e. The Morgan fingerprint density at radius 1 is 1.15 bits per heavy atom. The van der Waals surface area contributed by atoms with E-state index in [9.17, 15) is 9.90 Å². The summed E-state index contributed by atoms with van der Waals surface area (Å²) < 4.78 is 5.33. The Hall–Kier alpha value is -2.23. The molecule has 2 aliphatic rings. The van der Waals surface area contributed by atoms with Crippen LogP contribution in [0.15, 0.2) is 24.3 Å². The van der Waals surface area contributed by atoms with Gasteiger partial charge < -0.3 is 14.7 Å². The Balaban J connectivity index is 1.95. The number of carbonyl (C=O) groups is 1. The highest BCUT2D eigenvalue weighted by Gasteiger charge is 2.28. The average Bonchev–Trinajstić information content (AvgIpc) is 2.81. The van der Waals surface area contributed by atoms with Gasteiger partial charge in [0.1, 0.15) is 11.5 Å². The number of ether oxygens (including phenoxy) is 1. The molecule has 2 aliphatic heterocycles. The van der Waals surface area contributed by atoms with E-state index in [0.29, 0.717) is 16.7 Å². The van der Waals surface area contributed by atoms with E-state index in [0.717, 1.165) is 37.0 Å². The molecular formula is C16H15NO3. The lowest BCUT2D eigenvalue weighted by Crippen LogP contribution is -2.29. The number of nitrogens with zero attached hydrogens (tertiary/aromatic N) is 1. The topological polar surface area (TPSA) is 49.8 Å². The Bertz CT molecular complexity index is 717. The van der Waals surface area contributed by atoms with Crippen molar-refractivity contribution in [2.24, 2.45) is 0 Å². The van der Waals surface area contributed by atoms with Gasteiger partial charge in [-0.1, -0.05) is 12.1 Å². The standard InChI is InChI=1S/C16H15NO3/c18-15-10-5-4-6-11-14(10)13(20-16(11)19)9-12(15)17-7-2-1-3-8-17/h4-6,9,18H,1-3,7-8H2. The molecule has 4 heteroatoms. The zero-order valence-electron chi connectivity index (χ0n) is 11.1. The first-order chi connectivity index (χ1) is 9.75. The van der Waals surface area contributed by atoms with Crippen molar-refractivity contribution in [2.75, 3.05) is 18.0 Å². The molecule has 2 aromatic carbocycles. The van der Waals surface area contributed by atoms with Crippen molar-refractivity contribution >= 4 is 22.4 Å². The molecule has 0 spiro atoms. The summed E-state index contributed by atoms with van der Waals surface area (Å²) in [6.45, 7) is 1.87. The third-order valence-electron chi connectivity index (χ3n) is 4.20. The maximum absolute atomic E-state index is 11.8. The number of hydrogen-bond acceptors (Lipinski definition) is 4. The second-order valence-electron chi connectivity index (χ2n) is 5.41. The van der Waals surface area contributed by atoms with Crippen LogP contribution in [0.25, 0.3) is 10.8 Å². The lowest BCUT2D eigenvalue weighted by Gasteiger charge is -2.29. The fourth-order valence-electron chi connectivity index (χ4n) is 3.20. The van der Waals surface area contributed by atoms with Gasteiger partial charge in [0.25, 0.3) is 0 Å². The van der Waals surface area contributed by atoms with Gasteiger partial charge in [0.2, 0.25) is 0 Å². The number of phenolic OH excluding ortho intramolecular Hbond substituents is 1. The Morgan fingerprint density at radius 2 is 1.95 bits per heavy atom.